The SMILES string of the molecule is CCC[C@H](C(=O)OC)N1C(=O)[C@H]2[C@H](C1=O)[C@H]1C=C[C@H]2C1. The molecule has 1 saturated carbocycles. The molecule has 5 atom stereocenters. The van der Waals surface area contributed by atoms with E-state index < -0.39 is 12.0 Å². The molecule has 2 amide bonds. The van der Waals surface area contributed by atoms with Crippen molar-refractivity contribution in [3.63, 3.8) is 0 Å². The molecule has 2 bridgehead atoms. The highest BCUT2D eigenvalue weighted by atomic mass is 16.5. The number of methoxy groups -OCH3 is 1. The maximum atomic E-state index is 12.6. The minimum Gasteiger partial charge on any atom is -0.467 e. The predicted molar refractivity (Wildman–Crippen MR) is 70.3 cm³/mol. The van der Waals surface area contributed by atoms with Crippen LogP contribution in [0.4, 0.5) is 0 Å². The average Bonchev–Trinajstić information content (AvgIpc) is 3.11. The van der Waals surface area contributed by atoms with Gasteiger partial charge in [-0.2, -0.15) is 0 Å². The van der Waals surface area contributed by atoms with Gasteiger partial charge < -0.3 is 4.74 Å². The lowest BCUT2D eigenvalue weighted by atomic mass is 9.85. The largest absolute Gasteiger partial charge is 0.467 e. The van der Waals surface area contributed by atoms with E-state index in [0.29, 0.717) is 6.42 Å². The van der Waals surface area contributed by atoms with Crippen molar-refractivity contribution < 1.29 is 19.1 Å². The number of esters is 1. The number of hydrogen-bond acceptors (Lipinski definition) is 4. The first-order chi connectivity index (χ1) is 9.60. The number of imide groups is 1. The molecule has 0 spiro atoms. The number of likely N-dealkylation sites (tertiary alicyclic amines) is 1. The van der Waals surface area contributed by atoms with Gasteiger partial charge in [0.1, 0.15) is 6.04 Å². The number of ether oxygens (including phenoxy) is 1. The van der Waals surface area contributed by atoms with Gasteiger partial charge >= 0.3 is 5.97 Å². The number of allylic oxidation sites excluding steroid dienone is 2. The molecule has 0 radical (unpaired) electrons. The Morgan fingerprint density at radius 3 is 2.30 bits per heavy atom. The molecule has 2 aliphatic carbocycles. The zero-order chi connectivity index (χ0) is 14.4. The van der Waals surface area contributed by atoms with E-state index in [1.165, 1.54) is 12.0 Å². The van der Waals surface area contributed by atoms with Crippen LogP contribution >= 0.6 is 0 Å². The molecule has 5 nitrogen and oxygen atoms in total. The molecule has 1 aliphatic heterocycles. The highest BCUT2D eigenvalue weighted by Crippen LogP contribution is 2.53. The summed E-state index contributed by atoms with van der Waals surface area (Å²) in [7, 11) is 1.29. The van der Waals surface area contributed by atoms with Crippen LogP contribution in [0.5, 0.6) is 0 Å². The minimum absolute atomic E-state index is 0.173. The van der Waals surface area contributed by atoms with Gasteiger partial charge in [-0.05, 0) is 24.7 Å². The first kappa shape index (κ1) is 13.3. The van der Waals surface area contributed by atoms with Gasteiger partial charge in [0.25, 0.3) is 0 Å². The fourth-order valence-corrected chi connectivity index (χ4v) is 3.99. The summed E-state index contributed by atoms with van der Waals surface area (Å²) in [6, 6.07) is -0.755. The molecule has 1 heterocycles. The lowest BCUT2D eigenvalue weighted by molar-refractivity contribution is -0.157. The Kier molecular flexibility index (Phi) is 3.15. The van der Waals surface area contributed by atoms with E-state index in [2.05, 4.69) is 0 Å². The van der Waals surface area contributed by atoms with Crippen LogP contribution < -0.4 is 0 Å². The summed E-state index contributed by atoms with van der Waals surface area (Å²) >= 11 is 0. The number of hydrogen-bond donors (Lipinski definition) is 0. The van der Waals surface area contributed by atoms with Gasteiger partial charge in [0.2, 0.25) is 11.8 Å². The maximum absolute atomic E-state index is 12.6. The lowest BCUT2D eigenvalue weighted by Crippen LogP contribution is -2.46. The Labute approximate surface area is 117 Å². The van der Waals surface area contributed by atoms with Crippen molar-refractivity contribution in [3.8, 4) is 0 Å². The van der Waals surface area contributed by atoms with Crippen LogP contribution in [-0.2, 0) is 19.1 Å². The molecular weight excluding hydrogens is 258 g/mol. The topological polar surface area (TPSA) is 63.7 Å². The maximum Gasteiger partial charge on any atom is 0.329 e. The van der Waals surface area contributed by atoms with Crippen molar-refractivity contribution >= 4 is 17.8 Å². The van der Waals surface area contributed by atoms with Crippen molar-refractivity contribution in [1.29, 1.82) is 0 Å². The Balaban J connectivity index is 1.90. The minimum atomic E-state index is -0.755. The molecule has 0 aromatic heterocycles. The molecule has 0 aromatic carbocycles. The van der Waals surface area contributed by atoms with E-state index in [0.717, 1.165) is 12.8 Å². The summed E-state index contributed by atoms with van der Waals surface area (Å²) in [5.74, 6) is -1.00. The summed E-state index contributed by atoms with van der Waals surface area (Å²) in [5.41, 5.74) is 0. The van der Waals surface area contributed by atoms with Gasteiger partial charge in [-0.1, -0.05) is 25.5 Å². The van der Waals surface area contributed by atoms with Crippen LogP contribution in [0.2, 0.25) is 0 Å². The molecule has 0 aromatic rings. The molecule has 1 saturated heterocycles. The van der Waals surface area contributed by atoms with Crippen molar-refractivity contribution in [2.75, 3.05) is 7.11 Å². The Morgan fingerprint density at radius 1 is 1.30 bits per heavy atom. The second-order valence-electron chi connectivity index (χ2n) is 5.87. The molecule has 0 N–H and O–H groups in total. The van der Waals surface area contributed by atoms with Gasteiger partial charge in [-0.15, -0.1) is 0 Å². The average molecular weight is 277 g/mol. The van der Waals surface area contributed by atoms with E-state index in [4.69, 9.17) is 4.74 Å². The van der Waals surface area contributed by atoms with E-state index in [9.17, 15) is 14.4 Å². The van der Waals surface area contributed by atoms with Gasteiger partial charge in [0, 0.05) is 0 Å². The quantitative estimate of drug-likeness (QED) is 0.439. The Hall–Kier alpha value is -1.65. The Bertz CT molecular complexity index is 468. The summed E-state index contributed by atoms with van der Waals surface area (Å²) in [4.78, 5) is 38.3. The second kappa shape index (κ2) is 4.72. The molecule has 2 fully saturated rings. The van der Waals surface area contributed by atoms with Crippen LogP contribution in [-0.4, -0.2) is 35.8 Å². The molecular formula is C15H19NO4. The summed E-state index contributed by atoms with van der Waals surface area (Å²) in [6.07, 6.45) is 6.18. The number of carbonyl (C=O) groups is 3. The third-order valence-electron chi connectivity index (χ3n) is 4.85. The number of fused-ring (bicyclic) bond motifs is 5. The summed E-state index contributed by atoms with van der Waals surface area (Å²) in [6.45, 7) is 1.92. The highest BCUT2D eigenvalue weighted by Gasteiger charge is 2.61. The first-order valence-corrected chi connectivity index (χ1v) is 7.23. The number of amides is 2. The number of rotatable bonds is 4. The van der Waals surface area contributed by atoms with E-state index in [1.54, 1.807) is 0 Å². The van der Waals surface area contributed by atoms with Crippen molar-refractivity contribution in [1.82, 2.24) is 4.90 Å². The van der Waals surface area contributed by atoms with Crippen LogP contribution in [0.25, 0.3) is 0 Å². The van der Waals surface area contributed by atoms with Crippen molar-refractivity contribution in [3.05, 3.63) is 12.2 Å². The number of nitrogens with zero attached hydrogens (tertiary/aromatic N) is 1. The van der Waals surface area contributed by atoms with E-state index in [1.807, 2.05) is 19.1 Å². The lowest BCUT2D eigenvalue weighted by Gasteiger charge is -2.25. The van der Waals surface area contributed by atoms with Gasteiger partial charge in [0.15, 0.2) is 0 Å². The zero-order valence-corrected chi connectivity index (χ0v) is 11.7. The zero-order valence-electron chi connectivity index (χ0n) is 11.7. The van der Waals surface area contributed by atoms with E-state index in [-0.39, 0.29) is 35.5 Å². The fourth-order valence-electron chi connectivity index (χ4n) is 3.99. The smallest absolute Gasteiger partial charge is 0.329 e. The molecule has 20 heavy (non-hydrogen) atoms. The molecule has 5 heteroatoms. The normalized spacial score (nSPS) is 35.6. The molecule has 3 aliphatic rings. The third kappa shape index (κ3) is 1.65. The monoisotopic (exact) mass is 277 g/mol. The van der Waals surface area contributed by atoms with Gasteiger partial charge in [-0.3, -0.25) is 14.5 Å². The summed E-state index contributed by atoms with van der Waals surface area (Å²) in [5, 5.41) is 0. The Morgan fingerprint density at radius 2 is 1.85 bits per heavy atom. The van der Waals surface area contributed by atoms with E-state index >= 15 is 0 Å². The summed E-state index contributed by atoms with van der Waals surface area (Å²) < 4.78 is 4.76. The first-order valence-electron chi connectivity index (χ1n) is 7.23. The molecule has 108 valence electrons. The van der Waals surface area contributed by atoms with Crippen molar-refractivity contribution in [2.24, 2.45) is 23.7 Å². The third-order valence-corrected chi connectivity index (χ3v) is 4.85. The van der Waals surface area contributed by atoms with Crippen LogP contribution in [0, 0.1) is 23.7 Å². The van der Waals surface area contributed by atoms with Gasteiger partial charge in [-0.25, -0.2) is 4.79 Å². The molecule has 0 unspecified atom stereocenters. The van der Waals surface area contributed by atoms with Crippen LogP contribution in [0.15, 0.2) is 12.2 Å². The standard InChI is InChI=1S/C15H19NO4/c1-3-4-10(15(19)20-2)16-13(17)11-8-5-6-9(7-8)12(11)14(16)18/h5-6,8-12H,3-4,7H2,1-2H3/t8-,9-,10+,11+,12+/m0/s1. The van der Waals surface area contributed by atoms with Crippen LogP contribution in [0.3, 0.4) is 0 Å². The van der Waals surface area contributed by atoms with Crippen molar-refractivity contribution in [2.45, 2.75) is 32.2 Å². The predicted octanol–water partition coefficient (Wildman–Crippen LogP) is 1.14. The molecule has 3 rings (SSSR count). The fraction of sp³-hybridized carbons (Fsp3) is 0.667. The van der Waals surface area contributed by atoms with Crippen LogP contribution in [0.1, 0.15) is 26.2 Å². The highest BCUT2D eigenvalue weighted by molar-refractivity contribution is 6.08. The number of carbonyl (C=O) groups excluding carboxylic acids is 3. The van der Waals surface area contributed by atoms with Gasteiger partial charge in [0.05, 0.1) is 18.9 Å². The second-order valence-corrected chi connectivity index (χ2v) is 5.87.